The summed E-state index contributed by atoms with van der Waals surface area (Å²) in [7, 11) is 0. The lowest BCUT2D eigenvalue weighted by atomic mass is 9.96. The van der Waals surface area contributed by atoms with E-state index in [1.807, 2.05) is 0 Å². The van der Waals surface area contributed by atoms with Gasteiger partial charge in [-0.2, -0.15) is 13.9 Å². The minimum absolute atomic E-state index is 0.0145. The van der Waals surface area contributed by atoms with E-state index in [2.05, 4.69) is 10.4 Å². The Morgan fingerprint density at radius 3 is 3.06 bits per heavy atom. The smallest absolute Gasteiger partial charge is 0.290 e. The Kier molecular flexibility index (Phi) is 2.84. The zero-order valence-corrected chi connectivity index (χ0v) is 10.1. The first-order chi connectivity index (χ1) is 8.62. The van der Waals surface area contributed by atoms with Crippen LogP contribution in [0.4, 0.5) is 13.2 Å². The number of nitrogens with zero attached hydrogens (tertiary/aromatic N) is 2. The van der Waals surface area contributed by atoms with Crippen molar-refractivity contribution in [2.45, 2.75) is 38.3 Å². The van der Waals surface area contributed by atoms with E-state index in [1.54, 1.807) is 0 Å². The lowest BCUT2D eigenvalue weighted by Crippen LogP contribution is -2.27. The molecule has 6 heteroatoms. The summed E-state index contributed by atoms with van der Waals surface area (Å²) in [5.41, 5.74) is 1.42. The number of rotatable bonds is 1. The van der Waals surface area contributed by atoms with Crippen molar-refractivity contribution in [1.82, 2.24) is 15.1 Å². The van der Waals surface area contributed by atoms with Crippen LogP contribution in [0.2, 0.25) is 0 Å². The summed E-state index contributed by atoms with van der Waals surface area (Å²) >= 11 is 0. The summed E-state index contributed by atoms with van der Waals surface area (Å²) in [6.45, 7) is 0.941. The molecule has 0 fully saturated rings. The Morgan fingerprint density at radius 2 is 2.28 bits per heavy atom. The molecule has 2 aliphatic heterocycles. The fraction of sp³-hybridized carbons (Fsp3) is 0.750. The van der Waals surface area contributed by atoms with E-state index in [0.29, 0.717) is 31.5 Å². The number of nitrogens with one attached hydrogen (secondary N) is 1. The van der Waals surface area contributed by atoms with Crippen LogP contribution in [0.1, 0.15) is 29.8 Å². The van der Waals surface area contributed by atoms with E-state index in [9.17, 15) is 13.2 Å². The van der Waals surface area contributed by atoms with Crippen LogP contribution in [0.3, 0.4) is 0 Å². The number of alkyl halides is 3. The predicted molar refractivity (Wildman–Crippen MR) is 60.2 cm³/mol. The van der Waals surface area contributed by atoms with E-state index < -0.39 is 24.9 Å². The highest BCUT2D eigenvalue weighted by Crippen LogP contribution is 2.41. The van der Waals surface area contributed by atoms with Gasteiger partial charge in [-0.15, -0.1) is 0 Å². The first kappa shape index (κ1) is 12.0. The molecule has 18 heavy (non-hydrogen) atoms. The third kappa shape index (κ3) is 1.83. The van der Waals surface area contributed by atoms with Crippen molar-refractivity contribution in [3.05, 3.63) is 17.0 Å². The van der Waals surface area contributed by atoms with Crippen LogP contribution in [-0.2, 0) is 25.4 Å². The van der Waals surface area contributed by atoms with Crippen LogP contribution in [0.15, 0.2) is 0 Å². The molecule has 2 aliphatic rings. The molecule has 0 saturated heterocycles. The summed E-state index contributed by atoms with van der Waals surface area (Å²) in [4.78, 5) is 0. The van der Waals surface area contributed by atoms with E-state index in [0.717, 1.165) is 12.2 Å². The highest BCUT2D eigenvalue weighted by Gasteiger charge is 2.43. The largest absolute Gasteiger partial charge is 0.312 e. The van der Waals surface area contributed by atoms with Crippen molar-refractivity contribution in [3.63, 3.8) is 0 Å². The van der Waals surface area contributed by atoms with Gasteiger partial charge < -0.3 is 5.32 Å². The second-order valence-electron chi connectivity index (χ2n) is 5.14. The number of fused-ring (bicyclic) bond motifs is 3. The number of halogens is 3. The van der Waals surface area contributed by atoms with Crippen molar-refractivity contribution in [2.24, 2.45) is 5.92 Å². The lowest BCUT2D eigenvalue weighted by Gasteiger charge is -2.20. The number of hydrogen-bond acceptors (Lipinski definition) is 2. The zero-order chi connectivity index (χ0) is 12.8. The second kappa shape index (κ2) is 4.26. The molecule has 0 saturated carbocycles. The van der Waals surface area contributed by atoms with Gasteiger partial charge in [0.05, 0.1) is 12.4 Å². The van der Waals surface area contributed by atoms with Crippen molar-refractivity contribution < 1.29 is 13.2 Å². The summed E-state index contributed by atoms with van der Waals surface area (Å²) in [6, 6.07) is 0. The number of aryl methyl sites for hydroxylation is 1. The maximum absolute atomic E-state index is 14.3. The van der Waals surface area contributed by atoms with Gasteiger partial charge in [0.1, 0.15) is 5.69 Å². The first-order valence-corrected chi connectivity index (χ1v) is 6.35. The van der Waals surface area contributed by atoms with Crippen LogP contribution < -0.4 is 5.32 Å². The Hall–Kier alpha value is -1.04. The molecule has 0 amide bonds. The Morgan fingerprint density at radius 1 is 1.44 bits per heavy atom. The van der Waals surface area contributed by atoms with Crippen LogP contribution in [0.5, 0.6) is 0 Å². The van der Waals surface area contributed by atoms with Gasteiger partial charge in [0.2, 0.25) is 0 Å². The Balaban J connectivity index is 2.05. The van der Waals surface area contributed by atoms with E-state index >= 15 is 0 Å². The van der Waals surface area contributed by atoms with Crippen LogP contribution in [0.25, 0.3) is 0 Å². The molecule has 3 rings (SSSR count). The Labute approximate surface area is 103 Å². The fourth-order valence-corrected chi connectivity index (χ4v) is 2.92. The third-order valence-electron chi connectivity index (χ3n) is 3.83. The molecule has 3 nitrogen and oxygen atoms in total. The van der Waals surface area contributed by atoms with Crippen molar-refractivity contribution in [1.29, 1.82) is 0 Å². The van der Waals surface area contributed by atoms with Crippen molar-refractivity contribution in [2.75, 3.05) is 13.2 Å². The summed E-state index contributed by atoms with van der Waals surface area (Å²) < 4.78 is 42.6. The van der Waals surface area contributed by atoms with Gasteiger partial charge in [-0.1, -0.05) is 0 Å². The molecule has 0 bridgehead atoms. The monoisotopic (exact) mass is 259 g/mol. The average Bonchev–Trinajstić information content (AvgIpc) is 2.67. The minimum Gasteiger partial charge on any atom is -0.312 e. The first-order valence-electron chi connectivity index (χ1n) is 6.35. The quantitative estimate of drug-likeness (QED) is 0.836. The lowest BCUT2D eigenvalue weighted by molar-refractivity contribution is -0.0345. The second-order valence-corrected chi connectivity index (χ2v) is 5.14. The molecule has 0 radical (unpaired) electrons. The van der Waals surface area contributed by atoms with Gasteiger partial charge in [0.15, 0.2) is 0 Å². The minimum atomic E-state index is -2.97. The molecule has 1 N–H and O–H groups in total. The fourth-order valence-electron chi connectivity index (χ4n) is 2.92. The predicted octanol–water partition coefficient (Wildman–Crippen LogP) is 2.00. The molecule has 1 atom stereocenters. The topological polar surface area (TPSA) is 29.9 Å². The average molecular weight is 259 g/mol. The van der Waals surface area contributed by atoms with Gasteiger partial charge in [-0.25, -0.2) is 0 Å². The zero-order valence-electron chi connectivity index (χ0n) is 10.1. The molecule has 1 unspecified atom stereocenters. The molecule has 1 aromatic heterocycles. The maximum atomic E-state index is 14.3. The molecule has 0 aromatic carbocycles. The summed E-state index contributed by atoms with van der Waals surface area (Å²) in [5, 5.41) is 7.39. The Bertz CT molecular complexity index is 456. The van der Waals surface area contributed by atoms with E-state index in [-0.39, 0.29) is 5.69 Å². The van der Waals surface area contributed by atoms with E-state index in [4.69, 9.17) is 0 Å². The van der Waals surface area contributed by atoms with Gasteiger partial charge in [0, 0.05) is 38.0 Å². The van der Waals surface area contributed by atoms with Crippen LogP contribution >= 0.6 is 0 Å². The SMILES string of the molecule is FCC1CCn2nc3c(c2C(F)(F)C1)CNCC3. The van der Waals surface area contributed by atoms with Gasteiger partial charge in [0.25, 0.3) is 5.92 Å². The van der Waals surface area contributed by atoms with E-state index in [1.165, 1.54) is 4.68 Å². The van der Waals surface area contributed by atoms with Gasteiger partial charge in [-0.3, -0.25) is 9.07 Å². The molecule has 0 aliphatic carbocycles. The maximum Gasteiger partial charge on any atom is 0.290 e. The molecular weight excluding hydrogens is 243 g/mol. The molecule has 1 aromatic rings. The normalized spacial score (nSPS) is 26.3. The number of hydrogen-bond donors (Lipinski definition) is 1. The standard InChI is InChI=1S/C12H16F3N3/c13-6-8-2-4-18-11(12(14,15)5-8)9-7-16-3-1-10(9)17-18/h8,16H,1-7H2. The van der Waals surface area contributed by atoms with Gasteiger partial charge in [-0.05, 0) is 12.3 Å². The number of aromatic nitrogens is 2. The molecule has 3 heterocycles. The van der Waals surface area contributed by atoms with Gasteiger partial charge >= 0.3 is 0 Å². The summed E-state index contributed by atoms with van der Waals surface area (Å²) in [6.07, 6.45) is 0.729. The third-order valence-corrected chi connectivity index (χ3v) is 3.83. The van der Waals surface area contributed by atoms with Crippen molar-refractivity contribution >= 4 is 0 Å². The molecular formula is C12H16F3N3. The highest BCUT2D eigenvalue weighted by molar-refractivity contribution is 5.32. The molecule has 0 spiro atoms. The van der Waals surface area contributed by atoms with Crippen LogP contribution in [0, 0.1) is 5.92 Å². The van der Waals surface area contributed by atoms with Crippen LogP contribution in [-0.4, -0.2) is 23.0 Å². The highest BCUT2D eigenvalue weighted by atomic mass is 19.3. The molecule has 100 valence electrons. The summed E-state index contributed by atoms with van der Waals surface area (Å²) in [5.74, 6) is -3.53. The van der Waals surface area contributed by atoms with Crippen molar-refractivity contribution in [3.8, 4) is 0 Å².